The molecular formula is C16H17NO3. The van der Waals surface area contributed by atoms with Gasteiger partial charge in [-0.25, -0.2) is 0 Å². The number of carbonyl (C=O) groups excluding carboxylic acids is 1. The fourth-order valence-corrected chi connectivity index (χ4v) is 2.55. The molecule has 0 spiro atoms. The summed E-state index contributed by atoms with van der Waals surface area (Å²) in [6.45, 7) is 0. The zero-order chi connectivity index (χ0) is 13.8. The van der Waals surface area contributed by atoms with Crippen LogP contribution in [0.4, 0.5) is 0 Å². The number of hydrogen-bond donors (Lipinski definition) is 1. The molecule has 0 aliphatic heterocycles. The van der Waals surface area contributed by atoms with E-state index in [0.717, 1.165) is 25.0 Å². The van der Waals surface area contributed by atoms with Crippen LogP contribution in [-0.4, -0.2) is 18.1 Å². The van der Waals surface area contributed by atoms with E-state index < -0.39 is 0 Å². The van der Waals surface area contributed by atoms with Crippen LogP contribution in [0.3, 0.4) is 0 Å². The van der Waals surface area contributed by atoms with E-state index in [1.54, 1.807) is 12.1 Å². The van der Waals surface area contributed by atoms with Gasteiger partial charge in [0.1, 0.15) is 11.9 Å². The molecule has 4 heteroatoms. The minimum Gasteiger partial charge on any atom is -0.488 e. The van der Waals surface area contributed by atoms with Gasteiger partial charge in [0.15, 0.2) is 5.76 Å². The Morgan fingerprint density at radius 3 is 2.75 bits per heavy atom. The zero-order valence-electron chi connectivity index (χ0n) is 11.1. The maximum absolute atomic E-state index is 12.0. The van der Waals surface area contributed by atoms with Gasteiger partial charge < -0.3 is 14.5 Å². The Balaban J connectivity index is 1.62. The van der Waals surface area contributed by atoms with Gasteiger partial charge in [0, 0.05) is 0 Å². The molecule has 0 bridgehead atoms. The molecule has 4 nitrogen and oxygen atoms in total. The molecule has 1 aromatic carbocycles. The van der Waals surface area contributed by atoms with Gasteiger partial charge in [0.25, 0.3) is 5.91 Å². The third-order valence-corrected chi connectivity index (χ3v) is 3.54. The van der Waals surface area contributed by atoms with Crippen molar-refractivity contribution < 1.29 is 13.9 Å². The summed E-state index contributed by atoms with van der Waals surface area (Å²) in [6.07, 6.45) is 4.47. The molecule has 2 aromatic rings. The monoisotopic (exact) mass is 271 g/mol. The lowest BCUT2D eigenvalue weighted by molar-refractivity contribution is 0.0866. The average molecular weight is 271 g/mol. The highest BCUT2D eigenvalue weighted by atomic mass is 16.5. The summed E-state index contributed by atoms with van der Waals surface area (Å²) < 4.78 is 11.1. The molecule has 104 valence electrons. The summed E-state index contributed by atoms with van der Waals surface area (Å²) in [5, 5.41) is 2.99. The van der Waals surface area contributed by atoms with Crippen molar-refractivity contribution in [3.05, 3.63) is 54.5 Å². The fourth-order valence-electron chi connectivity index (χ4n) is 2.55. The van der Waals surface area contributed by atoms with Crippen molar-refractivity contribution in [2.45, 2.75) is 31.4 Å². The molecular weight excluding hydrogens is 254 g/mol. The largest absolute Gasteiger partial charge is 0.488 e. The van der Waals surface area contributed by atoms with Crippen LogP contribution in [0.5, 0.6) is 5.75 Å². The van der Waals surface area contributed by atoms with Crippen molar-refractivity contribution in [1.29, 1.82) is 0 Å². The van der Waals surface area contributed by atoms with Crippen LogP contribution in [0.25, 0.3) is 0 Å². The van der Waals surface area contributed by atoms with E-state index in [0.29, 0.717) is 5.76 Å². The number of furan rings is 1. The second-order valence-electron chi connectivity index (χ2n) is 4.96. The van der Waals surface area contributed by atoms with Crippen molar-refractivity contribution in [1.82, 2.24) is 5.32 Å². The molecule has 20 heavy (non-hydrogen) atoms. The summed E-state index contributed by atoms with van der Waals surface area (Å²) >= 11 is 0. The average Bonchev–Trinajstić information content (AvgIpc) is 3.12. The standard InChI is InChI=1S/C16H17NO3/c18-16(15-10-5-11-19-15)17-13-8-4-9-14(13)20-12-6-2-1-3-7-12/h1-3,5-7,10-11,13-14H,4,8-9H2,(H,17,18)/t13-,14+/m0/s1. The van der Waals surface area contributed by atoms with E-state index >= 15 is 0 Å². The van der Waals surface area contributed by atoms with Crippen molar-refractivity contribution in [3.8, 4) is 5.75 Å². The van der Waals surface area contributed by atoms with E-state index in [2.05, 4.69) is 5.32 Å². The molecule has 1 aliphatic carbocycles. The minimum absolute atomic E-state index is 0.0244. The van der Waals surface area contributed by atoms with Gasteiger partial charge in [-0.3, -0.25) is 4.79 Å². The van der Waals surface area contributed by atoms with E-state index in [1.165, 1.54) is 6.26 Å². The highest BCUT2D eigenvalue weighted by Gasteiger charge is 2.31. The first-order valence-electron chi connectivity index (χ1n) is 6.89. The van der Waals surface area contributed by atoms with Crippen LogP contribution >= 0.6 is 0 Å². The van der Waals surface area contributed by atoms with Crippen molar-refractivity contribution >= 4 is 5.91 Å². The van der Waals surface area contributed by atoms with Crippen molar-refractivity contribution in [3.63, 3.8) is 0 Å². The summed E-state index contributed by atoms with van der Waals surface area (Å²) in [7, 11) is 0. The Bertz CT molecular complexity index is 550. The fraction of sp³-hybridized carbons (Fsp3) is 0.312. The molecule has 0 saturated heterocycles. The van der Waals surface area contributed by atoms with Gasteiger partial charge >= 0.3 is 0 Å². The van der Waals surface area contributed by atoms with Gasteiger partial charge in [0.05, 0.1) is 12.3 Å². The highest BCUT2D eigenvalue weighted by Crippen LogP contribution is 2.25. The first-order chi connectivity index (χ1) is 9.83. The van der Waals surface area contributed by atoms with Gasteiger partial charge in [-0.05, 0) is 43.5 Å². The lowest BCUT2D eigenvalue weighted by Crippen LogP contribution is -2.42. The first-order valence-corrected chi connectivity index (χ1v) is 6.89. The van der Waals surface area contributed by atoms with Gasteiger partial charge in [-0.1, -0.05) is 18.2 Å². The quantitative estimate of drug-likeness (QED) is 0.930. The second-order valence-corrected chi connectivity index (χ2v) is 4.96. The molecule has 1 N–H and O–H groups in total. The number of hydrogen-bond acceptors (Lipinski definition) is 3. The molecule has 1 amide bonds. The summed E-state index contributed by atoms with van der Waals surface area (Å²) in [5.41, 5.74) is 0. The molecule has 0 radical (unpaired) electrons. The predicted molar refractivity (Wildman–Crippen MR) is 74.7 cm³/mol. The zero-order valence-corrected chi connectivity index (χ0v) is 11.1. The van der Waals surface area contributed by atoms with Crippen LogP contribution < -0.4 is 10.1 Å². The molecule has 3 rings (SSSR count). The Morgan fingerprint density at radius 1 is 1.15 bits per heavy atom. The third-order valence-electron chi connectivity index (χ3n) is 3.54. The van der Waals surface area contributed by atoms with Crippen LogP contribution in [0.2, 0.25) is 0 Å². The highest BCUT2D eigenvalue weighted by molar-refractivity contribution is 5.91. The molecule has 1 saturated carbocycles. The van der Waals surface area contributed by atoms with Crippen LogP contribution in [0.1, 0.15) is 29.8 Å². The van der Waals surface area contributed by atoms with Crippen molar-refractivity contribution in [2.75, 3.05) is 0 Å². The number of para-hydroxylation sites is 1. The summed E-state index contributed by atoms with van der Waals surface area (Å²) in [4.78, 5) is 12.0. The third kappa shape index (κ3) is 2.85. The SMILES string of the molecule is O=C(N[C@H]1CCC[C@H]1Oc1ccccc1)c1ccco1. The first kappa shape index (κ1) is 12.8. The van der Waals surface area contributed by atoms with E-state index in [4.69, 9.17) is 9.15 Å². The molecule has 0 unspecified atom stereocenters. The number of amides is 1. The van der Waals surface area contributed by atoms with Gasteiger partial charge in [-0.2, -0.15) is 0 Å². The summed E-state index contributed by atoms with van der Waals surface area (Å²) in [6, 6.07) is 13.1. The Morgan fingerprint density at radius 2 is 2.00 bits per heavy atom. The maximum atomic E-state index is 12.0. The second kappa shape index (κ2) is 5.82. The molecule has 1 aliphatic rings. The molecule has 2 atom stereocenters. The normalized spacial score (nSPS) is 21.6. The van der Waals surface area contributed by atoms with E-state index in [9.17, 15) is 4.79 Å². The Hall–Kier alpha value is -2.23. The van der Waals surface area contributed by atoms with E-state index in [-0.39, 0.29) is 18.1 Å². The number of rotatable bonds is 4. The number of ether oxygens (including phenoxy) is 1. The molecule has 1 fully saturated rings. The van der Waals surface area contributed by atoms with Gasteiger partial charge in [0.2, 0.25) is 0 Å². The minimum atomic E-state index is -0.177. The lowest BCUT2D eigenvalue weighted by Gasteiger charge is -2.22. The Labute approximate surface area is 117 Å². The van der Waals surface area contributed by atoms with Gasteiger partial charge in [-0.15, -0.1) is 0 Å². The number of nitrogens with one attached hydrogen (secondary N) is 1. The molecule has 1 heterocycles. The summed E-state index contributed by atoms with van der Waals surface area (Å²) in [5.74, 6) is 1.01. The maximum Gasteiger partial charge on any atom is 0.287 e. The number of carbonyl (C=O) groups is 1. The number of benzene rings is 1. The smallest absolute Gasteiger partial charge is 0.287 e. The van der Waals surface area contributed by atoms with Crippen LogP contribution in [0.15, 0.2) is 53.1 Å². The molecule has 1 aromatic heterocycles. The Kier molecular flexibility index (Phi) is 3.72. The van der Waals surface area contributed by atoms with Crippen LogP contribution in [0, 0.1) is 0 Å². The van der Waals surface area contributed by atoms with Crippen molar-refractivity contribution in [2.24, 2.45) is 0 Å². The lowest BCUT2D eigenvalue weighted by atomic mass is 10.2. The topological polar surface area (TPSA) is 51.5 Å². The predicted octanol–water partition coefficient (Wildman–Crippen LogP) is 3.01. The van der Waals surface area contributed by atoms with Crippen LogP contribution in [-0.2, 0) is 0 Å². The van der Waals surface area contributed by atoms with E-state index in [1.807, 2.05) is 30.3 Å².